The summed E-state index contributed by atoms with van der Waals surface area (Å²) in [7, 11) is 0. The predicted molar refractivity (Wildman–Crippen MR) is 34.5 cm³/mol. The van der Waals surface area contributed by atoms with Gasteiger partial charge in [-0.3, -0.25) is 0 Å². The quantitative estimate of drug-likeness (QED) is 0.547. The van der Waals surface area contributed by atoms with Gasteiger partial charge >= 0.3 is 5.97 Å². The Morgan fingerprint density at radius 2 is 2.30 bits per heavy atom. The Balaban J connectivity index is 3.21. The minimum atomic E-state index is -1.06. The molecule has 1 atom stereocenters. The van der Waals surface area contributed by atoms with Crippen molar-refractivity contribution in [3.05, 3.63) is 0 Å². The Bertz CT molecular complexity index is 102. The molecule has 0 saturated heterocycles. The van der Waals surface area contributed by atoms with E-state index in [1.165, 1.54) is 0 Å². The highest BCUT2D eigenvalue weighted by atomic mass is 16.6. The SMILES string of the molecule is CCCC(O)OCC(=O)O. The zero-order valence-electron chi connectivity index (χ0n) is 5.91. The van der Waals surface area contributed by atoms with Gasteiger partial charge in [-0.25, -0.2) is 4.79 Å². The van der Waals surface area contributed by atoms with E-state index in [1.807, 2.05) is 6.92 Å². The lowest BCUT2D eigenvalue weighted by molar-refractivity contribution is -0.157. The van der Waals surface area contributed by atoms with Crippen molar-refractivity contribution in [3.63, 3.8) is 0 Å². The van der Waals surface area contributed by atoms with Gasteiger partial charge in [0.05, 0.1) is 0 Å². The van der Waals surface area contributed by atoms with Crippen LogP contribution in [0.5, 0.6) is 0 Å². The van der Waals surface area contributed by atoms with Crippen molar-refractivity contribution >= 4 is 5.97 Å². The van der Waals surface area contributed by atoms with Gasteiger partial charge in [0, 0.05) is 0 Å². The van der Waals surface area contributed by atoms with Crippen LogP contribution in [0.3, 0.4) is 0 Å². The molecular formula is C6H12O4. The predicted octanol–water partition coefficient (Wildman–Crippen LogP) is 0.206. The summed E-state index contributed by atoms with van der Waals surface area (Å²) >= 11 is 0. The van der Waals surface area contributed by atoms with Gasteiger partial charge in [0.25, 0.3) is 0 Å². The van der Waals surface area contributed by atoms with Crippen molar-refractivity contribution in [1.29, 1.82) is 0 Å². The fourth-order valence-electron chi connectivity index (χ4n) is 0.498. The molecular weight excluding hydrogens is 136 g/mol. The molecule has 0 aliphatic rings. The Labute approximate surface area is 59.4 Å². The van der Waals surface area contributed by atoms with Crippen molar-refractivity contribution in [1.82, 2.24) is 0 Å². The van der Waals surface area contributed by atoms with Crippen LogP contribution < -0.4 is 0 Å². The van der Waals surface area contributed by atoms with E-state index >= 15 is 0 Å². The smallest absolute Gasteiger partial charge is 0.329 e. The molecule has 0 fully saturated rings. The van der Waals surface area contributed by atoms with Crippen molar-refractivity contribution in [2.75, 3.05) is 6.61 Å². The molecule has 0 aromatic rings. The topological polar surface area (TPSA) is 66.8 Å². The average Bonchev–Trinajstić information content (AvgIpc) is 1.85. The van der Waals surface area contributed by atoms with Crippen LogP contribution >= 0.6 is 0 Å². The summed E-state index contributed by atoms with van der Waals surface area (Å²) in [5.41, 5.74) is 0. The summed E-state index contributed by atoms with van der Waals surface area (Å²) in [5, 5.41) is 16.9. The zero-order valence-corrected chi connectivity index (χ0v) is 5.91. The van der Waals surface area contributed by atoms with E-state index in [0.29, 0.717) is 6.42 Å². The van der Waals surface area contributed by atoms with Gasteiger partial charge in [-0.15, -0.1) is 0 Å². The molecule has 4 heteroatoms. The van der Waals surface area contributed by atoms with Crippen molar-refractivity contribution in [3.8, 4) is 0 Å². The van der Waals surface area contributed by atoms with Crippen LogP contribution in [-0.4, -0.2) is 29.1 Å². The number of carboxylic acid groups (broad SMARTS) is 1. The molecule has 4 nitrogen and oxygen atoms in total. The van der Waals surface area contributed by atoms with Crippen LogP contribution in [0.25, 0.3) is 0 Å². The minimum absolute atomic E-state index is 0.429. The second-order valence-electron chi connectivity index (χ2n) is 1.95. The van der Waals surface area contributed by atoms with E-state index in [-0.39, 0.29) is 0 Å². The number of ether oxygens (including phenoxy) is 1. The molecule has 0 bridgehead atoms. The number of hydrogen-bond donors (Lipinski definition) is 2. The zero-order chi connectivity index (χ0) is 7.98. The number of rotatable bonds is 5. The largest absolute Gasteiger partial charge is 0.480 e. The molecule has 0 amide bonds. The number of aliphatic hydroxyl groups excluding tert-OH is 1. The summed E-state index contributed by atoms with van der Waals surface area (Å²) in [6.45, 7) is 1.45. The number of hydrogen-bond acceptors (Lipinski definition) is 3. The van der Waals surface area contributed by atoms with Gasteiger partial charge < -0.3 is 14.9 Å². The summed E-state index contributed by atoms with van der Waals surface area (Å²) in [6, 6.07) is 0. The Morgan fingerprint density at radius 1 is 1.70 bits per heavy atom. The van der Waals surface area contributed by atoms with Gasteiger partial charge in [-0.2, -0.15) is 0 Å². The van der Waals surface area contributed by atoms with E-state index in [9.17, 15) is 4.79 Å². The maximum Gasteiger partial charge on any atom is 0.329 e. The van der Waals surface area contributed by atoms with Crippen LogP contribution in [0.1, 0.15) is 19.8 Å². The first-order valence-electron chi connectivity index (χ1n) is 3.18. The van der Waals surface area contributed by atoms with E-state index in [2.05, 4.69) is 4.74 Å². The minimum Gasteiger partial charge on any atom is -0.480 e. The monoisotopic (exact) mass is 148 g/mol. The Hall–Kier alpha value is -0.610. The lowest BCUT2D eigenvalue weighted by atomic mass is 10.3. The van der Waals surface area contributed by atoms with Crippen molar-refractivity contribution in [2.24, 2.45) is 0 Å². The standard InChI is InChI=1S/C6H12O4/c1-2-3-6(9)10-4-5(7)8/h6,9H,2-4H2,1H3,(H,7,8). The molecule has 60 valence electrons. The summed E-state index contributed by atoms with van der Waals surface area (Å²) in [5.74, 6) is -1.06. The van der Waals surface area contributed by atoms with Crippen LogP contribution in [0, 0.1) is 0 Å². The highest BCUT2D eigenvalue weighted by Crippen LogP contribution is 1.96. The Kier molecular flexibility index (Phi) is 4.88. The van der Waals surface area contributed by atoms with Crippen LogP contribution in [0.15, 0.2) is 0 Å². The highest BCUT2D eigenvalue weighted by molar-refractivity contribution is 5.67. The maximum atomic E-state index is 9.87. The molecule has 0 aromatic heterocycles. The second-order valence-corrected chi connectivity index (χ2v) is 1.95. The molecule has 0 radical (unpaired) electrons. The van der Waals surface area contributed by atoms with Gasteiger partial charge in [-0.1, -0.05) is 13.3 Å². The maximum absolute atomic E-state index is 9.87. The number of aliphatic hydroxyl groups is 1. The van der Waals surface area contributed by atoms with Gasteiger partial charge in [-0.05, 0) is 6.42 Å². The van der Waals surface area contributed by atoms with Gasteiger partial charge in [0.1, 0.15) is 6.61 Å². The molecule has 2 N–H and O–H groups in total. The Morgan fingerprint density at radius 3 is 2.70 bits per heavy atom. The van der Waals surface area contributed by atoms with Crippen LogP contribution in [0.2, 0.25) is 0 Å². The van der Waals surface area contributed by atoms with E-state index in [4.69, 9.17) is 10.2 Å². The normalized spacial score (nSPS) is 13.0. The molecule has 0 saturated carbocycles. The lowest BCUT2D eigenvalue weighted by Crippen LogP contribution is -2.17. The first-order chi connectivity index (χ1) is 4.66. The van der Waals surface area contributed by atoms with Crippen LogP contribution in [-0.2, 0) is 9.53 Å². The first kappa shape index (κ1) is 9.39. The molecule has 0 aliphatic carbocycles. The summed E-state index contributed by atoms with van der Waals surface area (Å²) in [6.07, 6.45) is 0.328. The number of carboxylic acids is 1. The highest BCUT2D eigenvalue weighted by Gasteiger charge is 2.04. The van der Waals surface area contributed by atoms with Gasteiger partial charge in [0.15, 0.2) is 6.29 Å². The second kappa shape index (κ2) is 5.20. The molecule has 0 spiro atoms. The molecule has 1 unspecified atom stereocenters. The number of aliphatic carboxylic acids is 1. The fraction of sp³-hybridized carbons (Fsp3) is 0.833. The third-order valence-corrected chi connectivity index (χ3v) is 0.935. The van der Waals surface area contributed by atoms with Gasteiger partial charge in [0.2, 0.25) is 0 Å². The van der Waals surface area contributed by atoms with E-state index in [0.717, 1.165) is 6.42 Å². The van der Waals surface area contributed by atoms with E-state index in [1.54, 1.807) is 0 Å². The third-order valence-electron chi connectivity index (χ3n) is 0.935. The van der Waals surface area contributed by atoms with E-state index < -0.39 is 18.9 Å². The molecule has 10 heavy (non-hydrogen) atoms. The fourth-order valence-corrected chi connectivity index (χ4v) is 0.498. The molecule has 0 aromatic carbocycles. The first-order valence-corrected chi connectivity index (χ1v) is 3.18. The number of carbonyl (C=O) groups is 1. The average molecular weight is 148 g/mol. The third kappa shape index (κ3) is 5.53. The molecule has 0 heterocycles. The van der Waals surface area contributed by atoms with Crippen LogP contribution in [0.4, 0.5) is 0 Å². The van der Waals surface area contributed by atoms with Crippen molar-refractivity contribution in [2.45, 2.75) is 26.1 Å². The molecule has 0 aliphatic heterocycles. The lowest BCUT2D eigenvalue weighted by Gasteiger charge is -2.07. The summed E-state index contributed by atoms with van der Waals surface area (Å²) in [4.78, 5) is 9.87. The van der Waals surface area contributed by atoms with Crippen molar-refractivity contribution < 1.29 is 19.7 Å². The molecule has 0 rings (SSSR count). The summed E-state index contributed by atoms with van der Waals surface area (Å²) < 4.78 is 4.50.